The number of alkyl halides is 1. The van der Waals surface area contributed by atoms with Crippen LogP contribution in [0.3, 0.4) is 0 Å². The molecule has 1 unspecified atom stereocenters. The second-order valence-electron chi connectivity index (χ2n) is 5.14. The van der Waals surface area contributed by atoms with Crippen LogP contribution in [0.25, 0.3) is 0 Å². The molecule has 78 valence electrons. The van der Waals surface area contributed by atoms with Crippen molar-refractivity contribution in [1.29, 1.82) is 0 Å². The van der Waals surface area contributed by atoms with Crippen LogP contribution in [0.2, 0.25) is 0 Å². The molecule has 1 heteroatoms. The molecule has 0 bridgehead atoms. The highest BCUT2D eigenvalue weighted by molar-refractivity contribution is 5.45. The Bertz CT molecular complexity index is 307. The van der Waals surface area contributed by atoms with Gasteiger partial charge in [0.05, 0.1) is 0 Å². The highest BCUT2D eigenvalue weighted by Crippen LogP contribution is 2.34. The quantitative estimate of drug-likeness (QED) is 0.586. The van der Waals surface area contributed by atoms with E-state index in [1.165, 1.54) is 0 Å². The van der Waals surface area contributed by atoms with E-state index in [-0.39, 0.29) is 5.41 Å². The predicted molar refractivity (Wildman–Crippen MR) is 59.9 cm³/mol. The molecule has 0 aromatic rings. The average Bonchev–Trinajstić information content (AvgIpc) is 2.30. The summed E-state index contributed by atoms with van der Waals surface area (Å²) in [4.78, 5) is 0. The molecular formula is C13H19F. The number of rotatable bonds is 1. The van der Waals surface area contributed by atoms with E-state index in [2.05, 4.69) is 20.8 Å². The number of hydrogen-bond acceptors (Lipinski definition) is 0. The van der Waals surface area contributed by atoms with E-state index >= 15 is 0 Å². The van der Waals surface area contributed by atoms with E-state index in [4.69, 9.17) is 0 Å². The Labute approximate surface area is 86.2 Å². The molecule has 0 aromatic heterocycles. The zero-order chi connectivity index (χ0) is 10.9. The van der Waals surface area contributed by atoms with E-state index in [0.717, 1.165) is 16.7 Å². The van der Waals surface area contributed by atoms with Gasteiger partial charge in [-0.1, -0.05) is 38.5 Å². The second kappa shape index (κ2) is 3.72. The van der Waals surface area contributed by atoms with Crippen molar-refractivity contribution in [2.45, 2.75) is 40.8 Å². The summed E-state index contributed by atoms with van der Waals surface area (Å²) in [6.45, 7) is 10.3. The van der Waals surface area contributed by atoms with Gasteiger partial charge in [0.25, 0.3) is 0 Å². The van der Waals surface area contributed by atoms with E-state index in [9.17, 15) is 4.39 Å². The fourth-order valence-electron chi connectivity index (χ4n) is 1.48. The predicted octanol–water partition coefficient (Wildman–Crippen LogP) is 4.20. The molecule has 0 nitrogen and oxygen atoms in total. The summed E-state index contributed by atoms with van der Waals surface area (Å²) in [6, 6.07) is 0. The maximum absolute atomic E-state index is 13.5. The first kappa shape index (κ1) is 11.2. The molecule has 1 aliphatic carbocycles. The molecule has 0 aliphatic heterocycles. The highest BCUT2D eigenvalue weighted by atomic mass is 19.1. The molecule has 0 amide bonds. The summed E-state index contributed by atoms with van der Waals surface area (Å²) in [7, 11) is 0. The Morgan fingerprint density at radius 3 is 2.29 bits per heavy atom. The summed E-state index contributed by atoms with van der Waals surface area (Å²) in [6.07, 6.45) is 4.69. The van der Waals surface area contributed by atoms with Crippen molar-refractivity contribution in [1.82, 2.24) is 0 Å². The van der Waals surface area contributed by atoms with Gasteiger partial charge in [0.2, 0.25) is 0 Å². The summed E-state index contributed by atoms with van der Waals surface area (Å²) < 4.78 is 13.5. The maximum Gasteiger partial charge on any atom is 0.144 e. The lowest BCUT2D eigenvalue weighted by molar-refractivity contribution is 0.453. The first-order valence-electron chi connectivity index (χ1n) is 5.03. The lowest BCUT2D eigenvalue weighted by atomic mass is 9.87. The van der Waals surface area contributed by atoms with Crippen LogP contribution in [-0.4, -0.2) is 6.17 Å². The van der Waals surface area contributed by atoms with Crippen molar-refractivity contribution in [3.63, 3.8) is 0 Å². The largest absolute Gasteiger partial charge is 0.238 e. The van der Waals surface area contributed by atoms with Gasteiger partial charge in [-0.2, -0.15) is 0 Å². The minimum absolute atomic E-state index is 0.0432. The van der Waals surface area contributed by atoms with E-state index in [1.54, 1.807) is 6.08 Å². The zero-order valence-corrected chi connectivity index (χ0v) is 9.69. The third-order valence-corrected chi connectivity index (χ3v) is 2.29. The minimum Gasteiger partial charge on any atom is -0.238 e. The number of halogens is 1. The Hall–Kier alpha value is -0.850. The second-order valence-corrected chi connectivity index (χ2v) is 5.14. The monoisotopic (exact) mass is 194 g/mol. The van der Waals surface area contributed by atoms with Gasteiger partial charge < -0.3 is 0 Å². The molecule has 0 spiro atoms. The summed E-state index contributed by atoms with van der Waals surface area (Å²) in [5, 5.41) is 0. The van der Waals surface area contributed by atoms with Crippen LogP contribution < -0.4 is 0 Å². The molecule has 1 aliphatic rings. The summed E-state index contributed by atoms with van der Waals surface area (Å²) >= 11 is 0. The minimum atomic E-state index is -0.917. The van der Waals surface area contributed by atoms with E-state index in [1.807, 2.05) is 26.0 Å². The Kier molecular flexibility index (Phi) is 2.98. The average molecular weight is 194 g/mol. The zero-order valence-electron chi connectivity index (χ0n) is 9.69. The van der Waals surface area contributed by atoms with Crippen molar-refractivity contribution in [3.8, 4) is 0 Å². The molecule has 0 N–H and O–H groups in total. The standard InChI is InChI=1S/C13H19F/c1-9(2)6-10-7-11(8-12(10)14)13(3,4)5/h6-8,12H,1-5H3. The van der Waals surface area contributed by atoms with Crippen LogP contribution in [0, 0.1) is 5.41 Å². The first-order valence-corrected chi connectivity index (χ1v) is 5.03. The summed E-state index contributed by atoms with van der Waals surface area (Å²) in [5.41, 5.74) is 3.07. The van der Waals surface area contributed by atoms with Crippen molar-refractivity contribution >= 4 is 0 Å². The smallest absolute Gasteiger partial charge is 0.144 e. The van der Waals surface area contributed by atoms with Gasteiger partial charge in [-0.15, -0.1) is 0 Å². The molecule has 0 heterocycles. The van der Waals surface area contributed by atoms with Gasteiger partial charge in [0.1, 0.15) is 6.17 Å². The maximum atomic E-state index is 13.5. The Balaban J connectivity index is 2.93. The van der Waals surface area contributed by atoms with Crippen LogP contribution in [-0.2, 0) is 0 Å². The molecule has 0 saturated carbocycles. The van der Waals surface area contributed by atoms with Gasteiger partial charge in [0, 0.05) is 0 Å². The third kappa shape index (κ3) is 2.57. The van der Waals surface area contributed by atoms with Crippen LogP contribution in [0.15, 0.2) is 34.9 Å². The molecule has 0 aromatic carbocycles. The van der Waals surface area contributed by atoms with Gasteiger partial charge in [-0.05, 0) is 36.5 Å². The highest BCUT2D eigenvalue weighted by Gasteiger charge is 2.24. The fourth-order valence-corrected chi connectivity index (χ4v) is 1.48. The Morgan fingerprint density at radius 2 is 1.93 bits per heavy atom. The summed E-state index contributed by atoms with van der Waals surface area (Å²) in [5.74, 6) is 0. The van der Waals surface area contributed by atoms with Crippen molar-refractivity contribution < 1.29 is 4.39 Å². The van der Waals surface area contributed by atoms with Crippen LogP contribution in [0.4, 0.5) is 4.39 Å². The van der Waals surface area contributed by atoms with Gasteiger partial charge in [0.15, 0.2) is 0 Å². The lowest BCUT2D eigenvalue weighted by Gasteiger charge is -2.18. The van der Waals surface area contributed by atoms with Crippen LogP contribution in [0.5, 0.6) is 0 Å². The lowest BCUT2D eigenvalue weighted by Crippen LogP contribution is -2.06. The molecule has 0 fully saturated rings. The molecule has 0 radical (unpaired) electrons. The topological polar surface area (TPSA) is 0 Å². The molecule has 1 rings (SSSR count). The Morgan fingerprint density at radius 1 is 1.36 bits per heavy atom. The normalized spacial score (nSPS) is 21.7. The van der Waals surface area contributed by atoms with Gasteiger partial charge in [-0.25, -0.2) is 4.39 Å². The number of hydrogen-bond donors (Lipinski definition) is 0. The van der Waals surface area contributed by atoms with Gasteiger partial charge >= 0.3 is 0 Å². The van der Waals surface area contributed by atoms with E-state index < -0.39 is 6.17 Å². The number of allylic oxidation sites excluding steroid dienone is 6. The van der Waals surface area contributed by atoms with Crippen molar-refractivity contribution in [2.75, 3.05) is 0 Å². The van der Waals surface area contributed by atoms with E-state index in [0.29, 0.717) is 0 Å². The van der Waals surface area contributed by atoms with Gasteiger partial charge in [-0.3, -0.25) is 0 Å². The third-order valence-electron chi connectivity index (χ3n) is 2.29. The first-order chi connectivity index (χ1) is 6.30. The molecule has 14 heavy (non-hydrogen) atoms. The van der Waals surface area contributed by atoms with Crippen LogP contribution >= 0.6 is 0 Å². The molecule has 1 atom stereocenters. The SMILES string of the molecule is CC(C)=CC1=CC(C(C)(C)C)=CC1F. The molecule has 0 saturated heterocycles. The van der Waals surface area contributed by atoms with Crippen molar-refractivity contribution in [2.24, 2.45) is 5.41 Å². The molecular weight excluding hydrogens is 175 g/mol. The van der Waals surface area contributed by atoms with Crippen molar-refractivity contribution in [3.05, 3.63) is 34.9 Å². The van der Waals surface area contributed by atoms with Crippen LogP contribution in [0.1, 0.15) is 34.6 Å². The fraction of sp³-hybridized carbons (Fsp3) is 0.538.